The number of anilines is 2. The van der Waals surface area contributed by atoms with Gasteiger partial charge in [-0.15, -0.1) is 0 Å². The molecule has 18 nitrogen and oxygen atoms in total. The number of pyridine rings is 4. The van der Waals surface area contributed by atoms with Crippen molar-refractivity contribution in [2.45, 2.75) is 141 Å². The van der Waals surface area contributed by atoms with Crippen molar-refractivity contribution in [1.82, 2.24) is 50.1 Å². The molecule has 2 aliphatic carbocycles. The Bertz CT molecular complexity index is 2520. The van der Waals surface area contributed by atoms with Gasteiger partial charge in [0.05, 0.1) is 52.9 Å². The maximum absolute atomic E-state index is 12.3. The number of aromatic nitrogens is 8. The van der Waals surface area contributed by atoms with Crippen LogP contribution in [-0.4, -0.2) is 103 Å². The van der Waals surface area contributed by atoms with E-state index in [2.05, 4.69) is 90.7 Å². The minimum atomic E-state index is -1.16. The predicted octanol–water partition coefficient (Wildman–Crippen LogP) is 8.72. The number of rotatable bonds is 18. The summed E-state index contributed by atoms with van der Waals surface area (Å²) in [6, 6.07) is 13.1. The second-order valence-electron chi connectivity index (χ2n) is 20.1. The van der Waals surface area contributed by atoms with Gasteiger partial charge in [0.2, 0.25) is 0 Å². The molecule has 4 amide bonds. The Morgan fingerprint density at radius 3 is 1.65 bits per heavy atom. The zero-order valence-corrected chi connectivity index (χ0v) is 42.3. The topological polar surface area (TPSA) is 228 Å². The first-order valence-electron chi connectivity index (χ1n) is 23.8. The summed E-state index contributed by atoms with van der Waals surface area (Å²) >= 11 is 0. The number of aliphatic hydroxyl groups excluding tert-OH is 2. The molecule has 6 N–H and O–H groups in total. The molecular weight excluding hydrogens is 897 g/mol. The maximum Gasteiger partial charge on any atom is 0.320 e. The van der Waals surface area contributed by atoms with Gasteiger partial charge in [-0.05, 0) is 74.2 Å². The molecule has 0 atom stereocenters. The first-order valence-corrected chi connectivity index (χ1v) is 31.2. The van der Waals surface area contributed by atoms with Crippen LogP contribution < -0.4 is 21.3 Å². The van der Waals surface area contributed by atoms with Crippen LogP contribution in [0.2, 0.25) is 51.4 Å². The Balaban J connectivity index is 0.000000201. The van der Waals surface area contributed by atoms with Gasteiger partial charge in [-0.25, -0.2) is 28.9 Å². The van der Waals surface area contributed by atoms with Gasteiger partial charge in [0, 0.05) is 82.3 Å². The third-order valence-corrected chi connectivity index (χ3v) is 15.5. The van der Waals surface area contributed by atoms with Crippen molar-refractivity contribution in [3.63, 3.8) is 0 Å². The first-order chi connectivity index (χ1) is 32.6. The van der Waals surface area contributed by atoms with E-state index in [1.807, 2.05) is 30.5 Å². The van der Waals surface area contributed by atoms with E-state index < -0.39 is 16.1 Å². The zero-order chi connectivity index (χ0) is 48.3. The quantitative estimate of drug-likeness (QED) is 0.0351. The van der Waals surface area contributed by atoms with E-state index >= 15 is 0 Å². The van der Waals surface area contributed by atoms with Gasteiger partial charge in [0.1, 0.15) is 25.1 Å². The van der Waals surface area contributed by atoms with Crippen molar-refractivity contribution in [3.05, 3.63) is 72.6 Å². The number of carbonyl (C=O) groups excluding carboxylic acids is 2. The minimum absolute atomic E-state index is 0.166. The minimum Gasteiger partial charge on any atom is -0.390 e. The highest BCUT2D eigenvalue weighted by atomic mass is 28.3. The summed E-state index contributed by atoms with van der Waals surface area (Å²) in [5.74, 6) is 0.937. The average Bonchev–Trinajstić information content (AvgIpc) is 4.15. The highest BCUT2D eigenvalue weighted by molar-refractivity contribution is 6.76. The van der Waals surface area contributed by atoms with E-state index in [9.17, 15) is 19.8 Å². The standard InChI is InChI=1S/2C24H34N6O3Si/c1-34(2,3)11-10-33-16-30-14-19(22(15-31)29-30)17-12-21-20(25-13-17)8-9-23(27-21)28-24(32)26-18-6-4-5-7-18;1-34(2,3)11-10-33-16-30-22(15-31)19(14-26-30)17-12-21-20(25-13-17)8-9-23(28-21)29-24(32)27-18-6-4-5-7-18/h8-9,12-14,18,31H,4-7,10-11,15-16H2,1-3H3,(H2,26,27,28,32);8-9,12-14,18,31H,4-7,10-11,15-16H2,1-3H3,(H2,27,28,29,32). The molecule has 364 valence electrons. The number of nitrogens with one attached hydrogen (secondary N) is 4. The average molecular weight is 965 g/mol. The normalized spacial score (nSPS) is 14.6. The van der Waals surface area contributed by atoms with Crippen LogP contribution in [0.25, 0.3) is 44.3 Å². The Kier molecular flexibility index (Phi) is 17.1. The Morgan fingerprint density at radius 1 is 0.662 bits per heavy atom. The molecule has 6 heterocycles. The zero-order valence-electron chi connectivity index (χ0n) is 40.3. The fraction of sp³-hybridized carbons (Fsp3) is 0.500. The van der Waals surface area contributed by atoms with Gasteiger partial charge in [-0.2, -0.15) is 10.2 Å². The number of carbonyl (C=O) groups is 2. The summed E-state index contributed by atoms with van der Waals surface area (Å²) in [4.78, 5) is 42.8. The molecule has 0 unspecified atom stereocenters. The largest absolute Gasteiger partial charge is 0.390 e. The Labute approximate surface area is 400 Å². The molecule has 0 radical (unpaired) electrons. The van der Waals surface area contributed by atoms with Crippen LogP contribution in [0.5, 0.6) is 0 Å². The predicted molar refractivity (Wildman–Crippen MR) is 270 cm³/mol. The molecule has 0 bridgehead atoms. The third kappa shape index (κ3) is 14.4. The molecule has 6 aromatic heterocycles. The first kappa shape index (κ1) is 50.2. The molecule has 2 fully saturated rings. The number of nitrogens with zero attached hydrogens (tertiary/aromatic N) is 8. The molecule has 0 aromatic carbocycles. The molecule has 68 heavy (non-hydrogen) atoms. The number of hydrogen-bond donors (Lipinski definition) is 6. The Morgan fingerprint density at radius 2 is 1.16 bits per heavy atom. The molecule has 20 heteroatoms. The lowest BCUT2D eigenvalue weighted by Gasteiger charge is -2.15. The monoisotopic (exact) mass is 964 g/mol. The van der Waals surface area contributed by atoms with Crippen molar-refractivity contribution in [3.8, 4) is 22.3 Å². The van der Waals surface area contributed by atoms with Crippen LogP contribution in [-0.2, 0) is 36.1 Å². The van der Waals surface area contributed by atoms with Gasteiger partial charge in [-0.1, -0.05) is 65.0 Å². The van der Waals surface area contributed by atoms with Gasteiger partial charge >= 0.3 is 12.1 Å². The van der Waals surface area contributed by atoms with Crippen molar-refractivity contribution >= 4 is 61.9 Å². The van der Waals surface area contributed by atoms with E-state index in [-0.39, 0.29) is 37.4 Å². The van der Waals surface area contributed by atoms with E-state index in [1.54, 1.807) is 40.1 Å². The van der Waals surface area contributed by atoms with Gasteiger partial charge in [0.15, 0.2) is 0 Å². The number of aliphatic hydroxyl groups is 2. The van der Waals surface area contributed by atoms with Crippen LogP contribution in [0.1, 0.15) is 62.8 Å². The van der Waals surface area contributed by atoms with Crippen molar-refractivity contribution < 1.29 is 29.3 Å². The lowest BCUT2D eigenvalue weighted by molar-refractivity contribution is 0.0732. The number of urea groups is 2. The molecular formula is C48H68N12O6Si2. The second kappa shape index (κ2) is 23.1. The summed E-state index contributed by atoms with van der Waals surface area (Å²) in [6.07, 6.45) is 15.8. The molecule has 0 saturated heterocycles. The number of amides is 4. The summed E-state index contributed by atoms with van der Waals surface area (Å²) in [6.45, 7) is 15.5. The summed E-state index contributed by atoms with van der Waals surface area (Å²) < 4.78 is 15.0. The van der Waals surface area contributed by atoms with Crippen LogP contribution >= 0.6 is 0 Å². The van der Waals surface area contributed by atoms with E-state index in [1.165, 1.54) is 0 Å². The van der Waals surface area contributed by atoms with Gasteiger partial charge in [0.25, 0.3) is 0 Å². The Hall–Kier alpha value is -5.65. The highest BCUT2D eigenvalue weighted by Gasteiger charge is 2.21. The van der Waals surface area contributed by atoms with Gasteiger partial charge in [-0.3, -0.25) is 20.6 Å². The summed E-state index contributed by atoms with van der Waals surface area (Å²) in [7, 11) is -2.32. The maximum atomic E-state index is 12.3. The number of hydrogen-bond acceptors (Lipinski definition) is 12. The fourth-order valence-electron chi connectivity index (χ4n) is 8.14. The molecule has 0 aliphatic heterocycles. The summed E-state index contributed by atoms with van der Waals surface area (Å²) in [5.41, 5.74) is 7.12. The van der Waals surface area contributed by atoms with Crippen LogP contribution in [0.15, 0.2) is 61.2 Å². The lowest BCUT2D eigenvalue weighted by atomic mass is 10.1. The van der Waals surface area contributed by atoms with Crippen LogP contribution in [0.3, 0.4) is 0 Å². The smallest absolute Gasteiger partial charge is 0.320 e. The number of fused-ring (bicyclic) bond motifs is 2. The second-order valence-corrected chi connectivity index (χ2v) is 31.4. The fourth-order valence-corrected chi connectivity index (χ4v) is 9.66. The molecule has 0 spiro atoms. The summed E-state index contributed by atoms with van der Waals surface area (Å²) in [5, 5.41) is 40.4. The van der Waals surface area contributed by atoms with E-state index in [0.29, 0.717) is 60.7 Å². The third-order valence-electron chi connectivity index (χ3n) is 12.1. The van der Waals surface area contributed by atoms with Crippen molar-refractivity contribution in [2.75, 3.05) is 23.8 Å². The van der Waals surface area contributed by atoms with E-state index in [0.717, 1.165) is 96.7 Å². The molecule has 2 aliphatic rings. The SMILES string of the molecule is C[Si](C)(C)CCOCn1cc(-c2cnc3ccc(NC(=O)NC4CCCC4)nc3c2)c(CO)n1.C[Si](C)(C)CCOCn1ncc(-c2cnc3ccc(NC(=O)NC4CCCC4)nc3c2)c1CO. The van der Waals surface area contributed by atoms with E-state index in [4.69, 9.17) is 9.47 Å². The molecule has 6 aromatic rings. The van der Waals surface area contributed by atoms with Crippen molar-refractivity contribution in [2.24, 2.45) is 0 Å². The molecule has 2 saturated carbocycles. The van der Waals surface area contributed by atoms with Gasteiger partial charge < -0.3 is 30.3 Å². The number of ether oxygens (including phenoxy) is 2. The van der Waals surface area contributed by atoms with Crippen LogP contribution in [0.4, 0.5) is 21.2 Å². The van der Waals surface area contributed by atoms with Crippen molar-refractivity contribution in [1.29, 1.82) is 0 Å². The molecule has 8 rings (SSSR count). The lowest BCUT2D eigenvalue weighted by Crippen LogP contribution is -2.36. The van der Waals surface area contributed by atoms with Crippen LogP contribution in [0, 0.1) is 0 Å². The highest BCUT2D eigenvalue weighted by Crippen LogP contribution is 2.28.